The molecule has 0 N–H and O–H groups in total. The summed E-state index contributed by atoms with van der Waals surface area (Å²) < 4.78 is 5.19. The zero-order valence-corrected chi connectivity index (χ0v) is 14.7. The number of halogens is 1. The van der Waals surface area contributed by atoms with Gasteiger partial charge in [-0.05, 0) is 49.1 Å². The standard InChI is InChI=1S/C18H20ClNO4/c1-11(21)20(3)17-8-7-14(19)10-16(17)18(23)13-5-4-6-15(9-13)24-12(2)22/h7-10,15H,4-6H2,1-3H3. The van der Waals surface area contributed by atoms with E-state index in [1.807, 2.05) is 0 Å². The average Bonchev–Trinajstić information content (AvgIpc) is 2.53. The zero-order valence-electron chi connectivity index (χ0n) is 14.0. The summed E-state index contributed by atoms with van der Waals surface area (Å²) in [5.74, 6) is -0.746. The highest BCUT2D eigenvalue weighted by atomic mass is 35.5. The van der Waals surface area contributed by atoms with E-state index in [4.69, 9.17) is 16.3 Å². The third-order valence-corrected chi connectivity index (χ3v) is 4.20. The summed E-state index contributed by atoms with van der Waals surface area (Å²) in [6.07, 6.45) is 3.38. The lowest BCUT2D eigenvalue weighted by molar-refractivity contribution is -0.144. The highest BCUT2D eigenvalue weighted by Crippen LogP contribution is 2.30. The Labute approximate surface area is 146 Å². The summed E-state index contributed by atoms with van der Waals surface area (Å²) in [5.41, 5.74) is 1.45. The Morgan fingerprint density at radius 3 is 2.58 bits per heavy atom. The molecule has 0 heterocycles. The summed E-state index contributed by atoms with van der Waals surface area (Å²) in [4.78, 5) is 37.1. The van der Waals surface area contributed by atoms with E-state index in [0.29, 0.717) is 34.7 Å². The SMILES string of the molecule is CC(=O)OC1C=C(C(=O)c2cc(Cl)ccc2N(C)C(C)=O)CCC1. The molecule has 1 aliphatic carbocycles. The van der Waals surface area contributed by atoms with Crippen molar-refractivity contribution in [2.24, 2.45) is 0 Å². The number of esters is 1. The second-order valence-electron chi connectivity index (χ2n) is 5.80. The maximum absolute atomic E-state index is 12.9. The van der Waals surface area contributed by atoms with Gasteiger partial charge >= 0.3 is 5.97 Å². The number of allylic oxidation sites excluding steroid dienone is 1. The van der Waals surface area contributed by atoms with Gasteiger partial charge < -0.3 is 9.64 Å². The molecule has 0 bridgehead atoms. The van der Waals surface area contributed by atoms with Crippen LogP contribution in [0.2, 0.25) is 5.02 Å². The maximum atomic E-state index is 12.9. The van der Waals surface area contributed by atoms with E-state index in [0.717, 1.165) is 6.42 Å². The molecule has 128 valence electrons. The summed E-state index contributed by atoms with van der Waals surface area (Å²) in [7, 11) is 1.61. The van der Waals surface area contributed by atoms with Gasteiger partial charge in [0, 0.05) is 31.5 Å². The molecule has 1 aliphatic rings. The maximum Gasteiger partial charge on any atom is 0.303 e. The molecule has 24 heavy (non-hydrogen) atoms. The molecule has 1 aromatic rings. The highest BCUT2D eigenvalue weighted by molar-refractivity contribution is 6.31. The first-order valence-corrected chi connectivity index (χ1v) is 8.14. The van der Waals surface area contributed by atoms with Gasteiger partial charge in [0.25, 0.3) is 0 Å². The number of ketones is 1. The van der Waals surface area contributed by atoms with E-state index >= 15 is 0 Å². The first kappa shape index (κ1) is 18.2. The Morgan fingerprint density at radius 2 is 1.96 bits per heavy atom. The molecule has 6 heteroatoms. The van der Waals surface area contributed by atoms with Crippen LogP contribution in [0.25, 0.3) is 0 Å². The molecule has 1 aromatic carbocycles. The quantitative estimate of drug-likeness (QED) is 0.616. The lowest BCUT2D eigenvalue weighted by Gasteiger charge is -2.23. The molecule has 1 amide bonds. The number of hydrogen-bond acceptors (Lipinski definition) is 4. The molecule has 0 spiro atoms. The Morgan fingerprint density at radius 1 is 1.25 bits per heavy atom. The Hall–Kier alpha value is -2.14. The van der Waals surface area contributed by atoms with E-state index < -0.39 is 0 Å². The van der Waals surface area contributed by atoms with Gasteiger partial charge in [0.15, 0.2) is 5.78 Å². The number of benzene rings is 1. The van der Waals surface area contributed by atoms with Gasteiger partial charge in [-0.2, -0.15) is 0 Å². The van der Waals surface area contributed by atoms with E-state index in [1.165, 1.54) is 18.7 Å². The molecule has 1 atom stereocenters. The van der Waals surface area contributed by atoms with Crippen molar-refractivity contribution < 1.29 is 19.1 Å². The first-order valence-electron chi connectivity index (χ1n) is 7.76. The van der Waals surface area contributed by atoms with Gasteiger partial charge in [0.05, 0.1) is 5.69 Å². The largest absolute Gasteiger partial charge is 0.458 e. The van der Waals surface area contributed by atoms with Gasteiger partial charge in [-0.25, -0.2) is 0 Å². The fourth-order valence-corrected chi connectivity index (χ4v) is 2.88. The van der Waals surface area contributed by atoms with Crippen LogP contribution in [0.15, 0.2) is 29.8 Å². The fourth-order valence-electron chi connectivity index (χ4n) is 2.71. The van der Waals surface area contributed by atoms with Crippen molar-refractivity contribution in [3.05, 3.63) is 40.4 Å². The van der Waals surface area contributed by atoms with Gasteiger partial charge in [0.1, 0.15) is 6.10 Å². The molecule has 0 aliphatic heterocycles. The molecular formula is C18H20ClNO4. The summed E-state index contributed by atoms with van der Waals surface area (Å²) in [6, 6.07) is 4.86. The van der Waals surface area contributed by atoms with Crippen molar-refractivity contribution in [1.82, 2.24) is 0 Å². The fraction of sp³-hybridized carbons (Fsp3) is 0.389. The number of Topliss-reactive ketones (excluding diaryl/α,β-unsaturated/α-hetero) is 1. The molecule has 0 saturated heterocycles. The zero-order chi connectivity index (χ0) is 17.9. The number of hydrogen-bond donors (Lipinski definition) is 0. The summed E-state index contributed by atoms with van der Waals surface area (Å²) >= 11 is 6.04. The van der Waals surface area contributed by atoms with Crippen molar-refractivity contribution in [3.8, 4) is 0 Å². The molecule has 5 nitrogen and oxygen atoms in total. The third kappa shape index (κ3) is 4.23. The first-order chi connectivity index (χ1) is 11.3. The van der Waals surface area contributed by atoms with E-state index in [1.54, 1.807) is 31.3 Å². The lowest BCUT2D eigenvalue weighted by Crippen LogP contribution is -2.26. The molecule has 0 fully saturated rings. The smallest absolute Gasteiger partial charge is 0.303 e. The van der Waals surface area contributed by atoms with Crippen LogP contribution in [-0.4, -0.2) is 30.8 Å². The molecule has 0 radical (unpaired) electrons. The minimum Gasteiger partial charge on any atom is -0.458 e. The van der Waals surface area contributed by atoms with Crippen LogP contribution in [-0.2, 0) is 14.3 Å². The number of anilines is 1. The third-order valence-electron chi connectivity index (χ3n) is 3.97. The van der Waals surface area contributed by atoms with Crippen LogP contribution in [0.3, 0.4) is 0 Å². The highest BCUT2D eigenvalue weighted by Gasteiger charge is 2.24. The number of nitrogens with zero attached hydrogens (tertiary/aromatic N) is 1. The van der Waals surface area contributed by atoms with Crippen LogP contribution in [0.4, 0.5) is 5.69 Å². The van der Waals surface area contributed by atoms with Crippen LogP contribution in [0, 0.1) is 0 Å². The Bertz CT molecular complexity index is 711. The second kappa shape index (κ2) is 7.62. The normalized spacial score (nSPS) is 17.0. The summed E-state index contributed by atoms with van der Waals surface area (Å²) in [6.45, 7) is 2.78. The van der Waals surface area contributed by atoms with Gasteiger partial charge in [-0.15, -0.1) is 0 Å². The Balaban J connectivity index is 2.38. The van der Waals surface area contributed by atoms with Crippen LogP contribution in [0.5, 0.6) is 0 Å². The molecule has 2 rings (SSSR count). The van der Waals surface area contributed by atoms with Gasteiger partial charge in [-0.3, -0.25) is 14.4 Å². The van der Waals surface area contributed by atoms with E-state index in [9.17, 15) is 14.4 Å². The number of ether oxygens (including phenoxy) is 1. The molecule has 0 aromatic heterocycles. The van der Waals surface area contributed by atoms with Crippen molar-refractivity contribution in [2.45, 2.75) is 39.2 Å². The average molecular weight is 350 g/mol. The monoisotopic (exact) mass is 349 g/mol. The predicted molar refractivity (Wildman–Crippen MR) is 92.4 cm³/mol. The van der Waals surface area contributed by atoms with Crippen molar-refractivity contribution >= 4 is 34.9 Å². The number of carbonyl (C=O) groups is 3. The summed E-state index contributed by atoms with van der Waals surface area (Å²) in [5, 5.41) is 0.423. The van der Waals surface area contributed by atoms with Crippen LogP contribution >= 0.6 is 11.6 Å². The number of carbonyl (C=O) groups excluding carboxylic acids is 3. The topological polar surface area (TPSA) is 63.7 Å². The molecule has 0 saturated carbocycles. The van der Waals surface area contributed by atoms with Crippen molar-refractivity contribution in [2.75, 3.05) is 11.9 Å². The second-order valence-corrected chi connectivity index (χ2v) is 6.24. The van der Waals surface area contributed by atoms with Crippen LogP contribution < -0.4 is 4.90 Å². The molecule has 1 unspecified atom stereocenters. The minimum absolute atomic E-state index is 0.179. The Kier molecular flexibility index (Phi) is 5.78. The molecular weight excluding hydrogens is 330 g/mol. The van der Waals surface area contributed by atoms with E-state index in [2.05, 4.69) is 0 Å². The van der Waals surface area contributed by atoms with Crippen molar-refractivity contribution in [1.29, 1.82) is 0 Å². The number of amides is 1. The number of rotatable bonds is 4. The minimum atomic E-state index is -0.386. The lowest BCUT2D eigenvalue weighted by atomic mass is 9.91. The predicted octanol–water partition coefficient (Wildman–Crippen LogP) is 3.55. The van der Waals surface area contributed by atoms with Crippen LogP contribution in [0.1, 0.15) is 43.5 Å². The van der Waals surface area contributed by atoms with Crippen molar-refractivity contribution in [3.63, 3.8) is 0 Å². The van der Waals surface area contributed by atoms with Gasteiger partial charge in [-0.1, -0.05) is 11.6 Å². The van der Waals surface area contributed by atoms with E-state index in [-0.39, 0.29) is 23.8 Å². The van der Waals surface area contributed by atoms with Gasteiger partial charge in [0.2, 0.25) is 5.91 Å².